The molecule has 8 heteroatoms. The number of hydrogen-bond acceptors (Lipinski definition) is 6. The van der Waals surface area contributed by atoms with Gasteiger partial charge >= 0.3 is 5.97 Å². The van der Waals surface area contributed by atoms with E-state index in [0.717, 1.165) is 21.8 Å². The Labute approximate surface area is 187 Å². The van der Waals surface area contributed by atoms with Crippen molar-refractivity contribution < 1.29 is 23.9 Å². The highest BCUT2D eigenvalue weighted by Crippen LogP contribution is 2.35. The Kier molecular flexibility index (Phi) is 7.70. The molecule has 0 spiro atoms. The number of hydrogen-bond donors (Lipinski definition) is 0. The van der Waals surface area contributed by atoms with Crippen molar-refractivity contribution >= 4 is 50.9 Å². The summed E-state index contributed by atoms with van der Waals surface area (Å²) in [5.41, 5.74) is 1.64. The van der Waals surface area contributed by atoms with Crippen molar-refractivity contribution in [3.8, 4) is 5.75 Å². The third kappa shape index (κ3) is 5.73. The summed E-state index contributed by atoms with van der Waals surface area (Å²) in [6.45, 7) is 2.06. The Morgan fingerprint density at radius 1 is 1.17 bits per heavy atom. The number of halogens is 1. The molecule has 6 nitrogen and oxygen atoms in total. The first-order valence-electron chi connectivity index (χ1n) is 9.35. The van der Waals surface area contributed by atoms with Crippen LogP contribution in [0.25, 0.3) is 6.08 Å². The molecule has 1 aliphatic rings. The van der Waals surface area contributed by atoms with Gasteiger partial charge in [-0.1, -0.05) is 46.3 Å². The number of rotatable bonds is 8. The molecule has 2 aromatic rings. The van der Waals surface area contributed by atoms with Gasteiger partial charge in [-0.3, -0.25) is 14.5 Å². The minimum atomic E-state index is -0.479. The van der Waals surface area contributed by atoms with Gasteiger partial charge in [0.25, 0.3) is 11.1 Å². The molecule has 1 saturated heterocycles. The van der Waals surface area contributed by atoms with Crippen molar-refractivity contribution in [3.63, 3.8) is 0 Å². The maximum atomic E-state index is 12.8. The lowest BCUT2D eigenvalue weighted by Gasteiger charge is -2.12. The Hall–Kier alpha value is -2.58. The van der Waals surface area contributed by atoms with E-state index >= 15 is 0 Å². The normalized spacial score (nSPS) is 15.0. The van der Waals surface area contributed by atoms with Crippen LogP contribution >= 0.6 is 27.7 Å². The highest BCUT2D eigenvalue weighted by Gasteiger charge is 2.34. The Bertz CT molecular complexity index is 977. The first-order valence-corrected chi connectivity index (χ1v) is 11.0. The van der Waals surface area contributed by atoms with Gasteiger partial charge in [0.05, 0.1) is 11.5 Å². The Morgan fingerprint density at radius 2 is 1.93 bits per heavy atom. The summed E-state index contributed by atoms with van der Waals surface area (Å²) >= 11 is 4.29. The monoisotopic (exact) mass is 489 g/mol. The zero-order valence-electron chi connectivity index (χ0n) is 16.3. The van der Waals surface area contributed by atoms with Crippen molar-refractivity contribution in [1.29, 1.82) is 0 Å². The molecule has 0 bridgehead atoms. The highest BCUT2D eigenvalue weighted by molar-refractivity contribution is 9.10. The van der Waals surface area contributed by atoms with Gasteiger partial charge in [0.2, 0.25) is 0 Å². The number of amides is 2. The summed E-state index contributed by atoms with van der Waals surface area (Å²) in [5.74, 6) is -0.396. The Balaban J connectivity index is 1.74. The van der Waals surface area contributed by atoms with E-state index in [-0.39, 0.29) is 24.4 Å². The summed E-state index contributed by atoms with van der Waals surface area (Å²) < 4.78 is 11.2. The van der Waals surface area contributed by atoms with Gasteiger partial charge in [-0.2, -0.15) is 0 Å². The van der Waals surface area contributed by atoms with E-state index in [1.807, 2.05) is 30.3 Å². The molecule has 0 radical (unpaired) electrons. The quantitative estimate of drug-likeness (QED) is 0.396. The van der Waals surface area contributed by atoms with Crippen LogP contribution in [0.1, 0.15) is 18.1 Å². The minimum Gasteiger partial charge on any atom is -0.481 e. The van der Waals surface area contributed by atoms with Gasteiger partial charge in [-0.15, -0.1) is 0 Å². The molecule has 0 N–H and O–H groups in total. The smallest absolute Gasteiger partial charge is 0.344 e. The van der Waals surface area contributed by atoms with Crippen LogP contribution in [0.5, 0.6) is 5.75 Å². The molecule has 0 aliphatic carbocycles. The number of carbonyl (C=O) groups is 3. The van der Waals surface area contributed by atoms with E-state index in [1.165, 1.54) is 4.90 Å². The van der Waals surface area contributed by atoms with Crippen LogP contribution in [-0.2, 0) is 20.7 Å². The van der Waals surface area contributed by atoms with E-state index in [1.54, 1.807) is 31.2 Å². The zero-order chi connectivity index (χ0) is 21.5. The van der Waals surface area contributed by atoms with Crippen LogP contribution in [-0.4, -0.2) is 41.8 Å². The van der Waals surface area contributed by atoms with Crippen molar-refractivity contribution in [2.75, 3.05) is 19.8 Å². The number of nitrogens with zero attached hydrogens (tertiary/aromatic N) is 1. The van der Waals surface area contributed by atoms with Crippen LogP contribution in [0, 0.1) is 0 Å². The molecule has 1 heterocycles. The molecule has 156 valence electrons. The second-order valence-electron chi connectivity index (χ2n) is 6.34. The van der Waals surface area contributed by atoms with Gasteiger partial charge in [0, 0.05) is 16.6 Å². The van der Waals surface area contributed by atoms with Crippen molar-refractivity contribution in [2.24, 2.45) is 0 Å². The standard InChI is InChI=1S/C22H20BrNO5S/c1-2-28-20(25)14-29-18-9-8-17(23)12-16(18)13-19-21(26)24(22(27)30-19)11-10-15-6-4-3-5-7-15/h3-9,12-13H,2,10-11,14H2,1H3/b19-13+. The number of ether oxygens (including phenoxy) is 2. The summed E-state index contributed by atoms with van der Waals surface area (Å²) in [7, 11) is 0. The lowest BCUT2D eigenvalue weighted by molar-refractivity contribution is -0.145. The molecule has 30 heavy (non-hydrogen) atoms. The molecule has 0 atom stereocenters. The van der Waals surface area contributed by atoms with Gasteiger partial charge in [0.1, 0.15) is 5.75 Å². The molecular weight excluding hydrogens is 470 g/mol. The largest absolute Gasteiger partial charge is 0.481 e. The number of carbonyl (C=O) groups excluding carboxylic acids is 3. The van der Waals surface area contributed by atoms with Crippen LogP contribution < -0.4 is 4.74 Å². The molecule has 2 amide bonds. The SMILES string of the molecule is CCOC(=O)COc1ccc(Br)cc1/C=C1/SC(=O)N(CCc2ccccc2)C1=O. The second-order valence-corrected chi connectivity index (χ2v) is 8.25. The molecule has 1 aliphatic heterocycles. The first kappa shape index (κ1) is 22.1. The molecule has 3 rings (SSSR count). The van der Waals surface area contributed by atoms with E-state index in [0.29, 0.717) is 29.2 Å². The average Bonchev–Trinajstić information content (AvgIpc) is 2.99. The first-order chi connectivity index (χ1) is 14.5. The molecule has 0 unspecified atom stereocenters. The van der Waals surface area contributed by atoms with Crippen molar-refractivity contribution in [1.82, 2.24) is 4.90 Å². The van der Waals surface area contributed by atoms with E-state index in [4.69, 9.17) is 9.47 Å². The minimum absolute atomic E-state index is 0.241. The molecule has 2 aromatic carbocycles. The topological polar surface area (TPSA) is 72.9 Å². The van der Waals surface area contributed by atoms with E-state index in [9.17, 15) is 14.4 Å². The third-order valence-electron chi connectivity index (χ3n) is 4.25. The van der Waals surface area contributed by atoms with E-state index in [2.05, 4.69) is 15.9 Å². The fraction of sp³-hybridized carbons (Fsp3) is 0.227. The zero-order valence-corrected chi connectivity index (χ0v) is 18.7. The predicted molar refractivity (Wildman–Crippen MR) is 119 cm³/mol. The van der Waals surface area contributed by atoms with Crippen molar-refractivity contribution in [2.45, 2.75) is 13.3 Å². The van der Waals surface area contributed by atoms with Crippen LogP contribution in [0.3, 0.4) is 0 Å². The highest BCUT2D eigenvalue weighted by atomic mass is 79.9. The second kappa shape index (κ2) is 10.4. The molecule has 1 fully saturated rings. The summed E-state index contributed by atoms with van der Waals surface area (Å²) in [6.07, 6.45) is 2.20. The number of benzene rings is 2. The molecular formula is C22H20BrNO5S. The maximum absolute atomic E-state index is 12.8. The number of esters is 1. The van der Waals surface area contributed by atoms with Crippen molar-refractivity contribution in [3.05, 3.63) is 69.0 Å². The lowest BCUT2D eigenvalue weighted by Crippen LogP contribution is -2.30. The van der Waals surface area contributed by atoms with E-state index < -0.39 is 5.97 Å². The van der Waals surface area contributed by atoms with Gasteiger partial charge < -0.3 is 9.47 Å². The maximum Gasteiger partial charge on any atom is 0.344 e. The number of thioether (sulfide) groups is 1. The lowest BCUT2D eigenvalue weighted by atomic mass is 10.1. The fourth-order valence-electron chi connectivity index (χ4n) is 2.82. The summed E-state index contributed by atoms with van der Waals surface area (Å²) in [6, 6.07) is 14.9. The van der Waals surface area contributed by atoms with Gasteiger partial charge in [-0.05, 0) is 54.9 Å². The Morgan fingerprint density at radius 3 is 2.67 bits per heavy atom. The summed E-state index contributed by atoms with van der Waals surface area (Å²) in [4.78, 5) is 38.3. The number of imide groups is 1. The van der Waals surface area contributed by atoms with Crippen LogP contribution in [0.2, 0.25) is 0 Å². The fourth-order valence-corrected chi connectivity index (χ4v) is 4.06. The van der Waals surface area contributed by atoms with Crippen LogP contribution in [0.15, 0.2) is 57.9 Å². The molecule has 0 saturated carbocycles. The van der Waals surface area contributed by atoms with Gasteiger partial charge in [-0.25, -0.2) is 4.79 Å². The summed E-state index contributed by atoms with van der Waals surface area (Å²) in [5, 5.41) is -0.300. The van der Waals surface area contributed by atoms with Gasteiger partial charge in [0.15, 0.2) is 6.61 Å². The third-order valence-corrected chi connectivity index (χ3v) is 5.65. The van der Waals surface area contributed by atoms with Crippen LogP contribution in [0.4, 0.5) is 4.79 Å². The molecule has 0 aromatic heterocycles. The average molecular weight is 490 g/mol. The predicted octanol–water partition coefficient (Wildman–Crippen LogP) is 4.67.